The Hall–Kier alpha value is -0.530. The summed E-state index contributed by atoms with van der Waals surface area (Å²) < 4.78 is 6.52. The quantitative estimate of drug-likeness (QED) is 0.581. The number of hydrogen-bond acceptors (Lipinski definition) is 2. The molecule has 2 heteroatoms. The van der Waals surface area contributed by atoms with Gasteiger partial charge in [0.15, 0.2) is 0 Å². The first kappa shape index (κ1) is 17.3. The zero-order valence-corrected chi connectivity index (χ0v) is 17.4. The van der Waals surface area contributed by atoms with E-state index >= 15 is 0 Å². The van der Waals surface area contributed by atoms with Crippen molar-refractivity contribution < 1.29 is 9.53 Å². The molecule has 0 N–H and O–H groups in total. The summed E-state index contributed by atoms with van der Waals surface area (Å²) in [5.74, 6) is 8.14. The van der Waals surface area contributed by atoms with Gasteiger partial charge in [-0.25, -0.2) is 0 Å². The third kappa shape index (κ3) is 2.46. The molecule has 6 bridgehead atoms. The standard InChI is InChI=1S/C25H38O2/c1-3-17-8-18(4-2)23-20-9-19(22(17)23)10-21(20)24(26)27-25-11-14-5-15(12-25)7-16(6-14)13-25/h14-23H,3-13H2,1-2H3. The number of carbonyl (C=O) groups excluding carboxylic acids is 1. The molecule has 7 aliphatic carbocycles. The van der Waals surface area contributed by atoms with Gasteiger partial charge in [-0.3, -0.25) is 4.79 Å². The second-order valence-electron chi connectivity index (χ2n) is 11.8. The lowest BCUT2D eigenvalue weighted by molar-refractivity contribution is -0.193. The Bertz CT molecular complexity index is 589. The number of esters is 1. The van der Waals surface area contributed by atoms with Gasteiger partial charge in [0, 0.05) is 0 Å². The van der Waals surface area contributed by atoms with E-state index in [-0.39, 0.29) is 17.5 Å². The summed E-state index contributed by atoms with van der Waals surface area (Å²) in [6.07, 6.45) is 14.4. The van der Waals surface area contributed by atoms with Crippen molar-refractivity contribution in [3.63, 3.8) is 0 Å². The number of rotatable bonds is 4. The molecule has 0 aromatic heterocycles. The van der Waals surface area contributed by atoms with Crippen LogP contribution in [0, 0.1) is 59.2 Å². The van der Waals surface area contributed by atoms with Gasteiger partial charge in [-0.15, -0.1) is 0 Å². The molecule has 7 atom stereocenters. The highest BCUT2D eigenvalue weighted by atomic mass is 16.6. The van der Waals surface area contributed by atoms with Crippen LogP contribution < -0.4 is 0 Å². The van der Waals surface area contributed by atoms with E-state index in [1.807, 2.05) is 0 Å². The van der Waals surface area contributed by atoms with E-state index in [0.29, 0.717) is 5.92 Å². The molecule has 0 amide bonds. The van der Waals surface area contributed by atoms with Crippen LogP contribution in [0.2, 0.25) is 0 Å². The summed E-state index contributed by atoms with van der Waals surface area (Å²) in [5, 5.41) is 0. The van der Waals surface area contributed by atoms with Crippen LogP contribution in [0.4, 0.5) is 0 Å². The summed E-state index contributed by atoms with van der Waals surface area (Å²) in [5.41, 5.74) is -0.0428. The first-order valence-corrected chi connectivity index (χ1v) is 12.3. The maximum absolute atomic E-state index is 13.4. The Kier molecular flexibility index (Phi) is 3.84. The molecule has 0 aromatic carbocycles. The Morgan fingerprint density at radius 2 is 1.41 bits per heavy atom. The van der Waals surface area contributed by atoms with Gasteiger partial charge in [-0.2, -0.15) is 0 Å². The van der Waals surface area contributed by atoms with E-state index in [1.54, 1.807) is 0 Å². The number of carbonyl (C=O) groups is 1. The molecule has 0 aromatic rings. The Balaban J connectivity index is 1.19. The monoisotopic (exact) mass is 370 g/mol. The third-order valence-corrected chi connectivity index (χ3v) is 10.5. The first-order valence-electron chi connectivity index (χ1n) is 12.3. The molecule has 0 radical (unpaired) electrons. The normalized spacial score (nSPS) is 57.3. The van der Waals surface area contributed by atoms with E-state index in [0.717, 1.165) is 53.8 Å². The van der Waals surface area contributed by atoms with E-state index < -0.39 is 0 Å². The van der Waals surface area contributed by atoms with Gasteiger partial charge >= 0.3 is 5.97 Å². The number of hydrogen-bond donors (Lipinski definition) is 0. The smallest absolute Gasteiger partial charge is 0.309 e. The van der Waals surface area contributed by atoms with Crippen molar-refractivity contribution in [2.75, 3.05) is 0 Å². The fourth-order valence-electron chi connectivity index (χ4n) is 10.1. The Morgan fingerprint density at radius 3 is 2.00 bits per heavy atom. The molecule has 0 spiro atoms. The van der Waals surface area contributed by atoms with Gasteiger partial charge in [0.1, 0.15) is 5.60 Å². The predicted octanol–water partition coefficient (Wildman–Crippen LogP) is 5.84. The summed E-state index contributed by atoms with van der Waals surface area (Å²) in [4.78, 5) is 13.4. The van der Waals surface area contributed by atoms with Gasteiger partial charge in [0.2, 0.25) is 0 Å². The van der Waals surface area contributed by atoms with E-state index in [1.165, 1.54) is 64.2 Å². The molecule has 2 nitrogen and oxygen atoms in total. The maximum Gasteiger partial charge on any atom is 0.309 e. The minimum atomic E-state index is -0.0428. The lowest BCUT2D eigenvalue weighted by Crippen LogP contribution is -2.53. The van der Waals surface area contributed by atoms with Crippen LogP contribution in [0.15, 0.2) is 0 Å². The summed E-state index contributed by atoms with van der Waals surface area (Å²) in [6, 6.07) is 0. The minimum Gasteiger partial charge on any atom is -0.459 e. The van der Waals surface area contributed by atoms with E-state index in [2.05, 4.69) is 13.8 Å². The Labute approximate surface area is 165 Å². The Morgan fingerprint density at radius 1 is 0.815 bits per heavy atom. The summed E-state index contributed by atoms with van der Waals surface area (Å²) >= 11 is 0. The van der Waals surface area contributed by atoms with Gasteiger partial charge in [-0.1, -0.05) is 26.7 Å². The lowest BCUT2D eigenvalue weighted by Gasteiger charge is -2.56. The molecule has 0 heterocycles. The van der Waals surface area contributed by atoms with E-state index in [4.69, 9.17) is 4.74 Å². The van der Waals surface area contributed by atoms with Crippen LogP contribution in [0.25, 0.3) is 0 Å². The second-order valence-corrected chi connectivity index (χ2v) is 11.8. The topological polar surface area (TPSA) is 26.3 Å². The zero-order valence-electron chi connectivity index (χ0n) is 17.4. The van der Waals surface area contributed by atoms with Crippen molar-refractivity contribution in [2.24, 2.45) is 59.2 Å². The molecule has 7 aliphatic rings. The average Bonchev–Trinajstić information content (AvgIpc) is 3.30. The molecular formula is C25H38O2. The zero-order chi connectivity index (χ0) is 18.3. The second kappa shape index (κ2) is 5.99. The van der Waals surface area contributed by atoms with Crippen molar-refractivity contribution in [1.29, 1.82) is 0 Å². The van der Waals surface area contributed by atoms with Crippen LogP contribution in [0.5, 0.6) is 0 Å². The van der Waals surface area contributed by atoms with Crippen LogP contribution in [-0.4, -0.2) is 11.6 Å². The van der Waals surface area contributed by atoms with Crippen LogP contribution >= 0.6 is 0 Å². The van der Waals surface area contributed by atoms with E-state index in [9.17, 15) is 4.79 Å². The highest BCUT2D eigenvalue weighted by Crippen LogP contribution is 2.66. The molecule has 7 fully saturated rings. The fraction of sp³-hybridized carbons (Fsp3) is 0.960. The summed E-state index contributed by atoms with van der Waals surface area (Å²) in [7, 11) is 0. The molecule has 7 rings (SSSR count). The average molecular weight is 371 g/mol. The summed E-state index contributed by atoms with van der Waals surface area (Å²) in [6.45, 7) is 4.78. The van der Waals surface area contributed by atoms with Gasteiger partial charge < -0.3 is 4.74 Å². The largest absolute Gasteiger partial charge is 0.459 e. The molecule has 27 heavy (non-hydrogen) atoms. The van der Waals surface area contributed by atoms with Crippen LogP contribution in [-0.2, 0) is 9.53 Å². The third-order valence-electron chi connectivity index (χ3n) is 10.5. The molecule has 7 unspecified atom stereocenters. The van der Waals surface area contributed by atoms with Gasteiger partial charge in [0.05, 0.1) is 5.92 Å². The first-order chi connectivity index (χ1) is 13.1. The highest BCUT2D eigenvalue weighted by Gasteiger charge is 2.62. The number of fused-ring (bicyclic) bond motifs is 5. The van der Waals surface area contributed by atoms with Crippen molar-refractivity contribution in [3.05, 3.63) is 0 Å². The van der Waals surface area contributed by atoms with Crippen molar-refractivity contribution >= 4 is 5.97 Å². The van der Waals surface area contributed by atoms with Crippen molar-refractivity contribution in [2.45, 2.75) is 90.1 Å². The fourth-order valence-corrected chi connectivity index (χ4v) is 10.1. The van der Waals surface area contributed by atoms with Crippen molar-refractivity contribution in [3.8, 4) is 0 Å². The maximum atomic E-state index is 13.4. The molecule has 7 saturated carbocycles. The molecule has 0 aliphatic heterocycles. The molecular weight excluding hydrogens is 332 g/mol. The van der Waals surface area contributed by atoms with Gasteiger partial charge in [0.25, 0.3) is 0 Å². The van der Waals surface area contributed by atoms with Crippen LogP contribution in [0.1, 0.15) is 84.5 Å². The lowest BCUT2D eigenvalue weighted by atomic mass is 9.54. The van der Waals surface area contributed by atoms with Crippen molar-refractivity contribution in [1.82, 2.24) is 0 Å². The molecule has 0 saturated heterocycles. The molecule has 150 valence electrons. The number of ether oxygens (including phenoxy) is 1. The predicted molar refractivity (Wildman–Crippen MR) is 106 cm³/mol. The van der Waals surface area contributed by atoms with Gasteiger partial charge in [-0.05, 0) is 111 Å². The highest BCUT2D eigenvalue weighted by molar-refractivity contribution is 5.74. The minimum absolute atomic E-state index is 0.0428. The van der Waals surface area contributed by atoms with Crippen LogP contribution in [0.3, 0.4) is 0 Å². The SMILES string of the molecule is CCC1CC(CC)C2C3CC(CC3C(=O)OC34CC5CC(CC(C5)C3)C4)C12.